The van der Waals surface area contributed by atoms with E-state index in [1.165, 1.54) is 24.3 Å². The molecule has 0 aliphatic rings. The number of nitrogens with one attached hydrogen (secondary N) is 1. The number of carboxylic acids is 1. The number of sulfonamides is 1. The lowest BCUT2D eigenvalue weighted by molar-refractivity contribution is 0.0697. The Kier molecular flexibility index (Phi) is 6.54. The molecule has 1 aromatic rings. The minimum atomic E-state index is -3.47. The minimum Gasteiger partial charge on any atom is -0.478 e. The van der Waals surface area contributed by atoms with Crippen LogP contribution in [0.4, 0.5) is 0 Å². The maximum atomic E-state index is 11.8. The predicted molar refractivity (Wildman–Crippen MR) is 79.7 cm³/mol. The van der Waals surface area contributed by atoms with Crippen molar-refractivity contribution in [1.29, 1.82) is 0 Å². The molecule has 0 aromatic heterocycles. The Balaban J connectivity index is 2.44. The second-order valence-corrected chi connectivity index (χ2v) is 6.47. The maximum Gasteiger partial charge on any atom is 0.335 e. The lowest BCUT2D eigenvalue weighted by Gasteiger charge is -2.08. The largest absolute Gasteiger partial charge is 0.478 e. The molecular formula is C14H19NO5S. The summed E-state index contributed by atoms with van der Waals surface area (Å²) in [6, 6.07) is 5.73. The van der Waals surface area contributed by atoms with Gasteiger partial charge in [0.1, 0.15) is 0 Å². The van der Waals surface area contributed by atoms with E-state index in [4.69, 9.17) is 9.84 Å². The Morgan fingerprint density at radius 1 is 1.33 bits per heavy atom. The van der Waals surface area contributed by atoms with Crippen LogP contribution in [0.5, 0.6) is 0 Å². The van der Waals surface area contributed by atoms with Gasteiger partial charge in [0.15, 0.2) is 0 Å². The third-order valence-electron chi connectivity index (χ3n) is 2.47. The number of ether oxygens (including phenoxy) is 1. The highest BCUT2D eigenvalue weighted by Crippen LogP contribution is 2.07. The lowest BCUT2D eigenvalue weighted by atomic mass is 10.1. The van der Waals surface area contributed by atoms with Crippen molar-refractivity contribution in [1.82, 2.24) is 4.72 Å². The molecule has 0 saturated carbocycles. The topological polar surface area (TPSA) is 92.7 Å². The molecule has 0 amide bonds. The van der Waals surface area contributed by atoms with E-state index in [0.29, 0.717) is 12.2 Å². The van der Waals surface area contributed by atoms with Crippen molar-refractivity contribution in [3.8, 4) is 0 Å². The van der Waals surface area contributed by atoms with Gasteiger partial charge in [-0.3, -0.25) is 0 Å². The van der Waals surface area contributed by atoms with Crippen molar-refractivity contribution in [2.24, 2.45) is 0 Å². The Hall–Kier alpha value is -1.70. The van der Waals surface area contributed by atoms with Crippen molar-refractivity contribution in [2.75, 3.05) is 19.8 Å². The van der Waals surface area contributed by atoms with Gasteiger partial charge < -0.3 is 9.84 Å². The molecule has 0 spiro atoms. The maximum absolute atomic E-state index is 11.8. The highest BCUT2D eigenvalue weighted by atomic mass is 32.2. The summed E-state index contributed by atoms with van der Waals surface area (Å²) in [4.78, 5) is 10.7. The lowest BCUT2D eigenvalue weighted by Crippen LogP contribution is -2.28. The van der Waals surface area contributed by atoms with E-state index in [1.807, 2.05) is 6.92 Å². The molecule has 0 unspecified atom stereocenters. The summed E-state index contributed by atoms with van der Waals surface area (Å²) in [5, 5.41) is 8.76. The molecule has 0 aliphatic heterocycles. The summed E-state index contributed by atoms with van der Waals surface area (Å²) in [5.74, 6) is -1.25. The summed E-state index contributed by atoms with van der Waals surface area (Å²) in [5.41, 5.74) is 1.52. The van der Waals surface area contributed by atoms with Crippen molar-refractivity contribution in [3.05, 3.63) is 47.5 Å². The van der Waals surface area contributed by atoms with E-state index in [1.54, 1.807) is 0 Å². The highest BCUT2D eigenvalue weighted by molar-refractivity contribution is 7.88. The SMILES string of the molecule is C=C(C)COCCNS(=O)(=O)Cc1ccc(C(=O)O)cc1. The van der Waals surface area contributed by atoms with Crippen LogP contribution < -0.4 is 4.72 Å². The number of benzene rings is 1. The monoisotopic (exact) mass is 313 g/mol. The average Bonchev–Trinajstić information content (AvgIpc) is 2.38. The minimum absolute atomic E-state index is 0.123. The average molecular weight is 313 g/mol. The first kappa shape index (κ1) is 17.4. The van der Waals surface area contributed by atoms with Crippen LogP contribution in [-0.4, -0.2) is 39.3 Å². The Morgan fingerprint density at radius 2 is 1.95 bits per heavy atom. The first-order chi connectivity index (χ1) is 9.80. The molecule has 1 aromatic carbocycles. The second kappa shape index (κ2) is 7.92. The molecule has 0 atom stereocenters. The molecule has 21 heavy (non-hydrogen) atoms. The quantitative estimate of drug-likeness (QED) is 0.531. The number of rotatable bonds is 9. The highest BCUT2D eigenvalue weighted by Gasteiger charge is 2.11. The standard InChI is InChI=1S/C14H19NO5S/c1-11(2)9-20-8-7-15-21(18,19)10-12-3-5-13(6-4-12)14(16)17/h3-6,15H,1,7-10H2,2H3,(H,16,17). The second-order valence-electron chi connectivity index (χ2n) is 4.67. The van der Waals surface area contributed by atoms with E-state index in [-0.39, 0.29) is 24.5 Å². The van der Waals surface area contributed by atoms with Crippen LogP contribution >= 0.6 is 0 Å². The zero-order valence-electron chi connectivity index (χ0n) is 11.8. The first-order valence-corrected chi connectivity index (χ1v) is 7.97. The van der Waals surface area contributed by atoms with Crippen molar-refractivity contribution >= 4 is 16.0 Å². The van der Waals surface area contributed by atoms with Gasteiger partial charge >= 0.3 is 5.97 Å². The summed E-state index contributed by atoms with van der Waals surface area (Å²) in [7, 11) is -3.47. The smallest absolute Gasteiger partial charge is 0.335 e. The number of hydrogen-bond donors (Lipinski definition) is 2. The van der Waals surface area contributed by atoms with E-state index in [9.17, 15) is 13.2 Å². The van der Waals surface area contributed by atoms with Crippen LogP contribution in [0.15, 0.2) is 36.4 Å². The van der Waals surface area contributed by atoms with Gasteiger partial charge in [-0.2, -0.15) is 0 Å². The number of hydrogen-bond acceptors (Lipinski definition) is 4. The summed E-state index contributed by atoms with van der Waals surface area (Å²) < 4.78 is 31.2. The third-order valence-corrected chi connectivity index (χ3v) is 3.83. The van der Waals surface area contributed by atoms with Crippen LogP contribution in [-0.2, 0) is 20.5 Å². The number of carboxylic acid groups (broad SMARTS) is 1. The normalized spacial score (nSPS) is 11.3. The molecule has 0 fully saturated rings. The third kappa shape index (κ3) is 7.03. The fraction of sp³-hybridized carbons (Fsp3) is 0.357. The fourth-order valence-electron chi connectivity index (χ4n) is 1.53. The van der Waals surface area contributed by atoms with Gasteiger partial charge in [-0.15, -0.1) is 0 Å². The summed E-state index contributed by atoms with van der Waals surface area (Å²) in [6.45, 7) is 6.35. The van der Waals surface area contributed by atoms with Crippen molar-refractivity contribution < 1.29 is 23.1 Å². The molecule has 116 valence electrons. The zero-order valence-corrected chi connectivity index (χ0v) is 12.6. The molecule has 0 aliphatic carbocycles. The van der Waals surface area contributed by atoms with Gasteiger partial charge in [-0.25, -0.2) is 17.9 Å². The fourth-order valence-corrected chi connectivity index (χ4v) is 2.66. The summed E-state index contributed by atoms with van der Waals surface area (Å²) >= 11 is 0. The van der Waals surface area contributed by atoms with Gasteiger partial charge in [-0.05, 0) is 24.6 Å². The van der Waals surface area contributed by atoms with Gasteiger partial charge in [-0.1, -0.05) is 24.3 Å². The van der Waals surface area contributed by atoms with Crippen molar-refractivity contribution in [3.63, 3.8) is 0 Å². The molecule has 0 radical (unpaired) electrons. The molecule has 1 rings (SSSR count). The van der Waals surface area contributed by atoms with E-state index < -0.39 is 16.0 Å². The molecule has 0 saturated heterocycles. The van der Waals surface area contributed by atoms with Gasteiger partial charge in [0.2, 0.25) is 10.0 Å². The van der Waals surface area contributed by atoms with Crippen LogP contribution in [0.3, 0.4) is 0 Å². The molecular weight excluding hydrogens is 294 g/mol. The Labute approximate surface area is 124 Å². The van der Waals surface area contributed by atoms with E-state index in [0.717, 1.165) is 5.57 Å². The molecule has 7 heteroatoms. The number of carbonyl (C=O) groups is 1. The summed E-state index contributed by atoms with van der Waals surface area (Å²) in [6.07, 6.45) is 0. The van der Waals surface area contributed by atoms with Gasteiger partial charge in [0.25, 0.3) is 0 Å². The molecule has 6 nitrogen and oxygen atoms in total. The molecule has 0 bridgehead atoms. The van der Waals surface area contributed by atoms with Gasteiger partial charge in [0, 0.05) is 6.54 Å². The van der Waals surface area contributed by atoms with Crippen LogP contribution in [0, 0.1) is 0 Å². The van der Waals surface area contributed by atoms with Crippen molar-refractivity contribution in [2.45, 2.75) is 12.7 Å². The molecule has 0 heterocycles. The Morgan fingerprint density at radius 3 is 2.48 bits per heavy atom. The van der Waals surface area contributed by atoms with E-state index >= 15 is 0 Å². The van der Waals surface area contributed by atoms with Crippen LogP contribution in [0.1, 0.15) is 22.8 Å². The predicted octanol–water partition coefficient (Wildman–Crippen LogP) is 1.40. The van der Waals surface area contributed by atoms with E-state index in [2.05, 4.69) is 11.3 Å². The van der Waals surface area contributed by atoms with Crippen LogP contribution in [0.25, 0.3) is 0 Å². The Bertz CT molecular complexity index is 592. The molecule has 2 N–H and O–H groups in total. The van der Waals surface area contributed by atoms with Crippen LogP contribution in [0.2, 0.25) is 0 Å². The van der Waals surface area contributed by atoms with Gasteiger partial charge in [0.05, 0.1) is 24.5 Å². The zero-order chi connectivity index (χ0) is 15.9. The first-order valence-electron chi connectivity index (χ1n) is 6.32. The number of aromatic carboxylic acids is 1.